The van der Waals surface area contributed by atoms with Crippen molar-refractivity contribution in [3.63, 3.8) is 0 Å². The Hall–Kier alpha value is -0.440. The highest BCUT2D eigenvalue weighted by atomic mass is 32.2. The second kappa shape index (κ2) is 27.1. The Morgan fingerprint density at radius 1 is 0.488 bits per heavy atom. The molecular formula is C32H61F5O3S. The van der Waals surface area contributed by atoms with Crippen molar-refractivity contribution < 1.29 is 34.9 Å². The molecule has 0 aromatic heterocycles. The zero-order chi connectivity index (χ0) is 30.8. The van der Waals surface area contributed by atoms with Gasteiger partial charge in [0, 0.05) is 0 Å². The lowest BCUT2D eigenvalue weighted by atomic mass is 9.98. The normalized spacial score (nSPS) is 16.0. The Morgan fingerprint density at radius 3 is 1.20 bits per heavy atom. The first-order valence-electron chi connectivity index (χ1n) is 16.7. The van der Waals surface area contributed by atoms with Crippen molar-refractivity contribution in [2.75, 3.05) is 6.67 Å². The molecule has 0 aromatic rings. The molecule has 0 amide bonds. The molecule has 248 valence electrons. The quantitative estimate of drug-likeness (QED) is 0.0476. The highest BCUT2D eigenvalue weighted by molar-refractivity contribution is 7.86. The van der Waals surface area contributed by atoms with Crippen LogP contribution in [0.1, 0.15) is 167 Å². The van der Waals surface area contributed by atoms with E-state index >= 15 is 0 Å². The third kappa shape index (κ3) is 22.7. The van der Waals surface area contributed by atoms with Crippen LogP contribution in [0, 0.1) is 0 Å². The minimum atomic E-state index is -4.96. The molecule has 0 bridgehead atoms. The summed E-state index contributed by atoms with van der Waals surface area (Å²) in [5, 5.41) is -2.11. The van der Waals surface area contributed by atoms with Crippen LogP contribution in [-0.2, 0) is 10.1 Å². The number of hydrogen-bond donors (Lipinski definition) is 1. The lowest BCUT2D eigenvalue weighted by Crippen LogP contribution is -2.44. The van der Waals surface area contributed by atoms with Crippen LogP contribution in [0.2, 0.25) is 0 Å². The molecule has 3 nitrogen and oxygen atoms in total. The standard InChI is InChI=1S/C32H61F5O3S/c1-2-3-4-5-6-7-8-9-10-11-12-13-14-15-16-17-20-23-26-29(41(38,39)40)31(36)32(37)30(35)28(34)25-22-19-18-21-24-27-33/h28-32H,2-27H2,1H3,(H,38,39,40). The van der Waals surface area contributed by atoms with Crippen molar-refractivity contribution in [1.82, 2.24) is 0 Å². The number of halogens is 5. The average Bonchev–Trinajstić information content (AvgIpc) is 2.94. The SMILES string of the molecule is CCCCCCCCCCCCCCCCCCCCC(C(F)C(F)C(F)C(F)CCCCCCCF)S(=O)(=O)O. The van der Waals surface area contributed by atoms with Gasteiger partial charge >= 0.3 is 0 Å². The maximum absolute atomic E-state index is 14.7. The fraction of sp³-hybridized carbons (Fsp3) is 1.00. The average molecular weight is 621 g/mol. The molecule has 0 aliphatic rings. The van der Waals surface area contributed by atoms with Gasteiger partial charge in [0.15, 0.2) is 18.5 Å². The van der Waals surface area contributed by atoms with Crippen LogP contribution < -0.4 is 0 Å². The summed E-state index contributed by atoms with van der Waals surface area (Å²) < 4.78 is 102. The van der Waals surface area contributed by atoms with Crippen LogP contribution in [0.15, 0.2) is 0 Å². The van der Waals surface area contributed by atoms with Gasteiger partial charge in [0.1, 0.15) is 11.4 Å². The van der Waals surface area contributed by atoms with E-state index in [0.29, 0.717) is 32.1 Å². The Balaban J connectivity index is 4.00. The maximum atomic E-state index is 14.7. The Kier molecular flexibility index (Phi) is 26.8. The van der Waals surface area contributed by atoms with Gasteiger partial charge in [-0.2, -0.15) is 8.42 Å². The van der Waals surface area contributed by atoms with Gasteiger partial charge in [-0.3, -0.25) is 8.94 Å². The molecular weight excluding hydrogens is 559 g/mol. The molecule has 0 aliphatic carbocycles. The van der Waals surface area contributed by atoms with E-state index in [2.05, 4.69) is 6.92 Å². The molecule has 9 heteroatoms. The molecule has 0 rings (SSSR count). The van der Waals surface area contributed by atoms with E-state index in [1.54, 1.807) is 0 Å². The van der Waals surface area contributed by atoms with Gasteiger partial charge < -0.3 is 0 Å². The fourth-order valence-electron chi connectivity index (χ4n) is 5.42. The molecule has 0 radical (unpaired) electrons. The van der Waals surface area contributed by atoms with Gasteiger partial charge in [0.25, 0.3) is 10.1 Å². The van der Waals surface area contributed by atoms with Gasteiger partial charge in [-0.05, 0) is 19.3 Å². The summed E-state index contributed by atoms with van der Waals surface area (Å²) in [5.74, 6) is 0. The highest BCUT2D eigenvalue weighted by Gasteiger charge is 2.44. The summed E-state index contributed by atoms with van der Waals surface area (Å²) >= 11 is 0. The minimum absolute atomic E-state index is 0.249. The van der Waals surface area contributed by atoms with E-state index in [4.69, 9.17) is 0 Å². The number of unbranched alkanes of at least 4 members (excludes halogenated alkanes) is 21. The fourth-order valence-corrected chi connectivity index (χ4v) is 6.37. The van der Waals surface area contributed by atoms with Crippen molar-refractivity contribution in [3.05, 3.63) is 0 Å². The van der Waals surface area contributed by atoms with E-state index in [0.717, 1.165) is 25.7 Å². The second-order valence-corrected chi connectivity index (χ2v) is 13.6. The van der Waals surface area contributed by atoms with E-state index in [1.165, 1.54) is 77.0 Å². The molecule has 5 atom stereocenters. The molecule has 0 spiro atoms. The Morgan fingerprint density at radius 2 is 0.829 bits per heavy atom. The number of rotatable bonds is 31. The van der Waals surface area contributed by atoms with Crippen LogP contribution >= 0.6 is 0 Å². The van der Waals surface area contributed by atoms with Gasteiger partial charge in [-0.15, -0.1) is 0 Å². The predicted molar refractivity (Wildman–Crippen MR) is 162 cm³/mol. The maximum Gasteiger partial charge on any atom is 0.270 e. The van der Waals surface area contributed by atoms with Gasteiger partial charge in [-0.1, -0.05) is 148 Å². The van der Waals surface area contributed by atoms with Crippen LogP contribution in [0.4, 0.5) is 22.0 Å². The van der Waals surface area contributed by atoms with Gasteiger partial charge in [0.2, 0.25) is 0 Å². The summed E-state index contributed by atoms with van der Waals surface area (Å²) in [5.41, 5.74) is 0. The van der Waals surface area contributed by atoms with Gasteiger partial charge in [-0.25, -0.2) is 17.6 Å². The third-order valence-corrected chi connectivity index (χ3v) is 9.41. The molecule has 1 N–H and O–H groups in total. The number of hydrogen-bond acceptors (Lipinski definition) is 2. The van der Waals surface area contributed by atoms with Crippen molar-refractivity contribution in [3.8, 4) is 0 Å². The first-order valence-corrected chi connectivity index (χ1v) is 18.3. The zero-order valence-electron chi connectivity index (χ0n) is 25.8. The molecule has 41 heavy (non-hydrogen) atoms. The molecule has 0 aliphatic heterocycles. The number of alkyl halides is 5. The minimum Gasteiger partial charge on any atom is -0.285 e. The van der Waals surface area contributed by atoms with Crippen LogP contribution in [0.3, 0.4) is 0 Å². The molecule has 5 unspecified atom stereocenters. The van der Waals surface area contributed by atoms with Crippen molar-refractivity contribution >= 4 is 10.1 Å². The molecule has 0 heterocycles. The van der Waals surface area contributed by atoms with E-state index < -0.39 is 46.7 Å². The second-order valence-electron chi connectivity index (χ2n) is 11.9. The summed E-state index contributed by atoms with van der Waals surface area (Å²) in [6.45, 7) is 1.80. The first-order chi connectivity index (χ1) is 19.7. The molecule has 0 saturated carbocycles. The zero-order valence-corrected chi connectivity index (χ0v) is 26.6. The van der Waals surface area contributed by atoms with Crippen LogP contribution in [-0.4, -0.2) is 49.6 Å². The molecule has 0 fully saturated rings. The summed E-state index contributed by atoms with van der Waals surface area (Å²) in [6.07, 6.45) is 11.5. The summed E-state index contributed by atoms with van der Waals surface area (Å²) in [6, 6.07) is 0. The van der Waals surface area contributed by atoms with Crippen molar-refractivity contribution in [2.45, 2.75) is 197 Å². The molecule has 0 saturated heterocycles. The largest absolute Gasteiger partial charge is 0.285 e. The highest BCUT2D eigenvalue weighted by Crippen LogP contribution is 2.28. The van der Waals surface area contributed by atoms with Crippen LogP contribution in [0.25, 0.3) is 0 Å². The predicted octanol–water partition coefficient (Wildman–Crippen LogP) is 11.3. The van der Waals surface area contributed by atoms with E-state index in [9.17, 15) is 34.9 Å². The summed E-state index contributed by atoms with van der Waals surface area (Å²) in [4.78, 5) is 0. The van der Waals surface area contributed by atoms with E-state index in [-0.39, 0.29) is 25.7 Å². The Labute approximate surface area is 249 Å². The topological polar surface area (TPSA) is 54.4 Å². The monoisotopic (exact) mass is 620 g/mol. The Bertz CT molecular complexity index is 668. The van der Waals surface area contributed by atoms with E-state index in [1.807, 2.05) is 0 Å². The smallest absolute Gasteiger partial charge is 0.270 e. The van der Waals surface area contributed by atoms with Crippen molar-refractivity contribution in [1.29, 1.82) is 0 Å². The van der Waals surface area contributed by atoms with Gasteiger partial charge in [0.05, 0.1) is 6.67 Å². The first kappa shape index (κ1) is 40.6. The molecule has 0 aromatic carbocycles. The van der Waals surface area contributed by atoms with Crippen molar-refractivity contribution in [2.24, 2.45) is 0 Å². The third-order valence-electron chi connectivity index (χ3n) is 8.15. The summed E-state index contributed by atoms with van der Waals surface area (Å²) in [7, 11) is -4.96. The van der Waals surface area contributed by atoms with Crippen LogP contribution in [0.5, 0.6) is 0 Å². The lowest BCUT2D eigenvalue weighted by Gasteiger charge is -2.25. The lowest BCUT2D eigenvalue weighted by molar-refractivity contribution is 0.0259.